The predicted octanol–water partition coefficient (Wildman–Crippen LogP) is 1.58. The number of halogens is 2. The Labute approximate surface area is 120 Å². The van der Waals surface area contributed by atoms with Crippen molar-refractivity contribution >= 4 is 11.9 Å². The lowest BCUT2D eigenvalue weighted by Crippen LogP contribution is -2.58. The standard InChI is InChI=1S/C14H18F2O5/c15-14(16,10(17)18)7-21-11(19)12-2-8-1-9(3-12)5-13(20,4-8)6-12/h8-9,20H,1-7H2,(H,17,18). The molecule has 0 amide bonds. The van der Waals surface area contributed by atoms with Crippen LogP contribution in [0.5, 0.6) is 0 Å². The zero-order valence-electron chi connectivity index (χ0n) is 11.5. The first-order valence-electron chi connectivity index (χ1n) is 7.15. The van der Waals surface area contributed by atoms with Crippen molar-refractivity contribution in [2.45, 2.75) is 50.0 Å². The molecule has 4 fully saturated rings. The third kappa shape index (κ3) is 2.41. The molecule has 0 aromatic heterocycles. The molecular weight excluding hydrogens is 286 g/mol. The number of ether oxygens (including phenoxy) is 1. The number of aliphatic hydroxyl groups is 1. The highest BCUT2D eigenvalue weighted by Gasteiger charge is 2.61. The van der Waals surface area contributed by atoms with Gasteiger partial charge in [-0.25, -0.2) is 4.79 Å². The lowest BCUT2D eigenvalue weighted by Gasteiger charge is -2.58. The summed E-state index contributed by atoms with van der Waals surface area (Å²) in [5, 5.41) is 18.8. The van der Waals surface area contributed by atoms with E-state index in [1.165, 1.54) is 0 Å². The van der Waals surface area contributed by atoms with Gasteiger partial charge in [-0.15, -0.1) is 0 Å². The van der Waals surface area contributed by atoms with Crippen molar-refractivity contribution in [3.05, 3.63) is 0 Å². The average Bonchev–Trinajstić information content (AvgIpc) is 2.32. The number of esters is 1. The van der Waals surface area contributed by atoms with Crippen molar-refractivity contribution in [2.24, 2.45) is 17.3 Å². The van der Waals surface area contributed by atoms with E-state index in [-0.39, 0.29) is 18.3 Å². The molecule has 0 heterocycles. The summed E-state index contributed by atoms with van der Waals surface area (Å²) in [6.07, 6.45) is 3.60. The van der Waals surface area contributed by atoms with Gasteiger partial charge in [0.05, 0.1) is 11.0 Å². The van der Waals surface area contributed by atoms with Crippen LogP contribution in [0, 0.1) is 17.3 Å². The van der Waals surface area contributed by atoms with Crippen LogP contribution in [0.15, 0.2) is 0 Å². The summed E-state index contributed by atoms with van der Waals surface area (Å²) in [5.41, 5.74) is -1.80. The van der Waals surface area contributed by atoms with Crippen LogP contribution in [0.3, 0.4) is 0 Å². The van der Waals surface area contributed by atoms with Gasteiger partial charge < -0.3 is 14.9 Å². The highest BCUT2D eigenvalue weighted by Crippen LogP contribution is 2.62. The molecule has 0 aromatic rings. The first-order chi connectivity index (χ1) is 9.64. The maximum absolute atomic E-state index is 13.0. The van der Waals surface area contributed by atoms with Gasteiger partial charge in [0.15, 0.2) is 6.61 Å². The Hall–Kier alpha value is -1.24. The van der Waals surface area contributed by atoms with Crippen LogP contribution in [0.2, 0.25) is 0 Å². The van der Waals surface area contributed by atoms with E-state index in [4.69, 9.17) is 5.11 Å². The number of aliphatic carboxylic acids is 1. The summed E-state index contributed by atoms with van der Waals surface area (Å²) in [5.74, 6) is -6.71. The molecule has 0 aromatic carbocycles. The summed E-state index contributed by atoms with van der Waals surface area (Å²) >= 11 is 0. The highest BCUT2D eigenvalue weighted by molar-refractivity contribution is 5.79. The molecule has 0 aliphatic heterocycles. The number of rotatable bonds is 4. The fraction of sp³-hybridized carbons (Fsp3) is 0.857. The van der Waals surface area contributed by atoms with Crippen LogP contribution >= 0.6 is 0 Å². The minimum atomic E-state index is -4.07. The Balaban J connectivity index is 1.71. The van der Waals surface area contributed by atoms with Crippen LogP contribution in [0.1, 0.15) is 38.5 Å². The Morgan fingerprint density at radius 3 is 2.24 bits per heavy atom. The molecule has 2 unspecified atom stereocenters. The third-order valence-electron chi connectivity index (χ3n) is 5.16. The number of alkyl halides is 2. The van der Waals surface area contributed by atoms with Gasteiger partial charge >= 0.3 is 17.9 Å². The molecule has 7 heteroatoms. The van der Waals surface area contributed by atoms with Gasteiger partial charge in [-0.1, -0.05) is 0 Å². The molecule has 4 rings (SSSR count). The van der Waals surface area contributed by atoms with Crippen molar-refractivity contribution in [3.8, 4) is 0 Å². The van der Waals surface area contributed by atoms with E-state index in [1.807, 2.05) is 0 Å². The van der Waals surface area contributed by atoms with Gasteiger partial charge in [0, 0.05) is 0 Å². The zero-order chi connectivity index (χ0) is 15.5. The molecule has 5 nitrogen and oxygen atoms in total. The van der Waals surface area contributed by atoms with Gasteiger partial charge in [-0.2, -0.15) is 8.78 Å². The molecule has 4 saturated carbocycles. The van der Waals surface area contributed by atoms with E-state index in [0.29, 0.717) is 25.7 Å². The number of carboxylic acid groups (broad SMARTS) is 1. The lowest BCUT2D eigenvalue weighted by atomic mass is 9.48. The number of carboxylic acids is 1. The summed E-state index contributed by atoms with van der Waals surface area (Å²) in [7, 11) is 0. The maximum atomic E-state index is 13.0. The van der Waals surface area contributed by atoms with E-state index in [0.717, 1.165) is 6.42 Å². The minimum Gasteiger partial charge on any atom is -0.477 e. The third-order valence-corrected chi connectivity index (χ3v) is 5.16. The lowest BCUT2D eigenvalue weighted by molar-refractivity contribution is -0.205. The van der Waals surface area contributed by atoms with E-state index < -0.39 is 35.5 Å². The SMILES string of the molecule is O=C(O)C(F)(F)COC(=O)C12CC3CC(CC(O)(C3)C1)C2. The van der Waals surface area contributed by atoms with Crippen LogP contribution in [0.25, 0.3) is 0 Å². The molecule has 118 valence electrons. The fourth-order valence-corrected chi connectivity index (χ4v) is 4.82. The van der Waals surface area contributed by atoms with Gasteiger partial charge in [-0.05, 0) is 50.4 Å². The largest absolute Gasteiger partial charge is 0.477 e. The Morgan fingerprint density at radius 2 is 1.76 bits per heavy atom. The molecule has 4 aliphatic carbocycles. The second kappa shape index (κ2) is 4.38. The van der Waals surface area contributed by atoms with Crippen molar-refractivity contribution < 1.29 is 33.3 Å². The van der Waals surface area contributed by atoms with E-state index in [1.54, 1.807) is 0 Å². The van der Waals surface area contributed by atoms with E-state index in [2.05, 4.69) is 4.74 Å². The predicted molar refractivity (Wildman–Crippen MR) is 65.6 cm³/mol. The molecule has 2 N–H and O–H groups in total. The van der Waals surface area contributed by atoms with Gasteiger partial charge in [0.25, 0.3) is 0 Å². The number of carbonyl (C=O) groups excluding carboxylic acids is 1. The Bertz CT molecular complexity index is 476. The average molecular weight is 304 g/mol. The summed E-state index contributed by atoms with van der Waals surface area (Å²) < 4.78 is 30.7. The van der Waals surface area contributed by atoms with Crippen LogP contribution in [-0.2, 0) is 14.3 Å². The van der Waals surface area contributed by atoms with E-state index >= 15 is 0 Å². The van der Waals surface area contributed by atoms with Crippen molar-refractivity contribution in [1.29, 1.82) is 0 Å². The molecule has 21 heavy (non-hydrogen) atoms. The fourth-order valence-electron chi connectivity index (χ4n) is 4.82. The summed E-state index contributed by atoms with van der Waals surface area (Å²) in [6, 6.07) is 0. The normalized spacial score (nSPS) is 41.1. The van der Waals surface area contributed by atoms with E-state index in [9.17, 15) is 23.5 Å². The summed E-state index contributed by atoms with van der Waals surface area (Å²) in [6.45, 7) is -1.45. The van der Waals surface area contributed by atoms with Crippen molar-refractivity contribution in [3.63, 3.8) is 0 Å². The summed E-state index contributed by atoms with van der Waals surface area (Å²) in [4.78, 5) is 22.6. The maximum Gasteiger partial charge on any atom is 0.378 e. The first kappa shape index (κ1) is 14.7. The minimum absolute atomic E-state index is 0.226. The van der Waals surface area contributed by atoms with Crippen molar-refractivity contribution in [2.75, 3.05) is 6.61 Å². The topological polar surface area (TPSA) is 83.8 Å². The van der Waals surface area contributed by atoms with Gasteiger partial charge in [0.1, 0.15) is 0 Å². The second-order valence-corrected chi connectivity index (χ2v) is 7.05. The molecule has 4 aliphatic rings. The smallest absolute Gasteiger partial charge is 0.378 e. The van der Waals surface area contributed by atoms with Crippen molar-refractivity contribution in [1.82, 2.24) is 0 Å². The van der Waals surface area contributed by atoms with Crippen LogP contribution < -0.4 is 0 Å². The number of hydrogen-bond donors (Lipinski definition) is 2. The van der Waals surface area contributed by atoms with Gasteiger partial charge in [0.2, 0.25) is 0 Å². The first-order valence-corrected chi connectivity index (χ1v) is 7.15. The number of hydrogen-bond acceptors (Lipinski definition) is 4. The molecule has 0 radical (unpaired) electrons. The Kier molecular flexibility index (Phi) is 3.06. The molecule has 2 atom stereocenters. The zero-order valence-corrected chi connectivity index (χ0v) is 11.5. The second-order valence-electron chi connectivity index (χ2n) is 7.05. The molecule has 0 spiro atoms. The van der Waals surface area contributed by atoms with Crippen LogP contribution in [-0.4, -0.2) is 40.3 Å². The Morgan fingerprint density at radius 1 is 1.19 bits per heavy atom. The van der Waals surface area contributed by atoms with Gasteiger partial charge in [-0.3, -0.25) is 4.79 Å². The molecular formula is C14H18F2O5. The monoisotopic (exact) mass is 304 g/mol. The molecule has 4 bridgehead atoms. The quantitative estimate of drug-likeness (QED) is 0.770. The molecule has 0 saturated heterocycles. The number of carbonyl (C=O) groups is 2. The highest BCUT2D eigenvalue weighted by atomic mass is 19.3. The van der Waals surface area contributed by atoms with Crippen LogP contribution in [0.4, 0.5) is 8.78 Å².